The van der Waals surface area contributed by atoms with Crippen molar-refractivity contribution >= 4 is 32.2 Å². The number of hydrogen-bond acceptors (Lipinski definition) is 10. The van der Waals surface area contributed by atoms with E-state index in [1.165, 1.54) is 6.26 Å². The van der Waals surface area contributed by atoms with Gasteiger partial charge in [-0.3, -0.25) is 9.97 Å². The van der Waals surface area contributed by atoms with Gasteiger partial charge in [-0.2, -0.15) is 5.10 Å². The number of ether oxygens (including phenoxy) is 1. The predicted molar refractivity (Wildman–Crippen MR) is 165 cm³/mol. The number of likely N-dealkylation sites (N-methyl/N-ethyl adjacent to an activating group) is 1. The number of nitrogens with zero attached hydrogens (tertiary/aromatic N) is 8. The molecule has 0 spiro atoms. The standard InChI is InChI=1S/C30H38N8O3S/c1-19-24-15-32-38(27(24)13-26(33-19)25-14-31-9-7-28(25)41-5)30-12-23(37-16-21(20(37)2)18-42(6,39)40)11-29(34-30)36-10-8-22(17-36)35(3)4/h7,9,11-15,20-22H,8,10,16-18H2,1-6H3/t20-,21-,22-/m1/s1. The van der Waals surface area contributed by atoms with Crippen molar-refractivity contribution in [3.63, 3.8) is 0 Å². The molecule has 6 rings (SSSR count). The molecule has 11 nitrogen and oxygen atoms in total. The van der Waals surface area contributed by atoms with E-state index in [-0.39, 0.29) is 17.7 Å². The van der Waals surface area contributed by atoms with Crippen LogP contribution in [-0.2, 0) is 9.84 Å². The van der Waals surface area contributed by atoms with Crippen molar-refractivity contribution in [3.8, 4) is 22.8 Å². The fourth-order valence-corrected chi connectivity index (χ4v) is 7.32. The van der Waals surface area contributed by atoms with E-state index in [1.54, 1.807) is 19.5 Å². The van der Waals surface area contributed by atoms with Gasteiger partial charge in [-0.05, 0) is 46.5 Å². The van der Waals surface area contributed by atoms with Crippen LogP contribution in [0.5, 0.6) is 5.75 Å². The Balaban J connectivity index is 1.44. The average Bonchev–Trinajstić information content (AvgIpc) is 3.63. The van der Waals surface area contributed by atoms with Gasteiger partial charge in [-0.25, -0.2) is 18.1 Å². The molecule has 0 bridgehead atoms. The zero-order valence-corrected chi connectivity index (χ0v) is 25.8. The zero-order valence-electron chi connectivity index (χ0n) is 25.0. The molecule has 0 saturated carbocycles. The van der Waals surface area contributed by atoms with E-state index in [0.29, 0.717) is 24.2 Å². The summed E-state index contributed by atoms with van der Waals surface area (Å²) in [4.78, 5) is 21.2. The Hall–Kier alpha value is -3.77. The number of sulfone groups is 1. The molecule has 4 aromatic heterocycles. The third kappa shape index (κ3) is 5.29. The Morgan fingerprint density at radius 1 is 1.10 bits per heavy atom. The van der Waals surface area contributed by atoms with Crippen LogP contribution in [0.25, 0.3) is 28.0 Å². The topological polar surface area (TPSA) is 110 Å². The van der Waals surface area contributed by atoms with Crippen LogP contribution in [0.3, 0.4) is 0 Å². The van der Waals surface area contributed by atoms with Gasteiger partial charge in [0.15, 0.2) is 5.82 Å². The van der Waals surface area contributed by atoms with Crippen molar-refractivity contribution in [2.75, 3.05) is 62.6 Å². The van der Waals surface area contributed by atoms with E-state index in [4.69, 9.17) is 19.8 Å². The second-order valence-electron chi connectivity index (χ2n) is 11.8. The van der Waals surface area contributed by atoms with Crippen molar-refractivity contribution in [1.82, 2.24) is 29.6 Å². The van der Waals surface area contributed by atoms with Crippen molar-refractivity contribution in [1.29, 1.82) is 0 Å². The maximum atomic E-state index is 12.0. The minimum Gasteiger partial charge on any atom is -0.496 e. The van der Waals surface area contributed by atoms with Gasteiger partial charge < -0.3 is 19.4 Å². The molecule has 2 saturated heterocycles. The second kappa shape index (κ2) is 10.8. The van der Waals surface area contributed by atoms with Gasteiger partial charge in [0.2, 0.25) is 0 Å². The molecule has 6 heterocycles. The summed E-state index contributed by atoms with van der Waals surface area (Å²) in [6.07, 6.45) is 7.68. The van der Waals surface area contributed by atoms with E-state index < -0.39 is 9.84 Å². The first-order valence-electron chi connectivity index (χ1n) is 14.2. The minimum absolute atomic E-state index is 0.0984. The largest absolute Gasteiger partial charge is 0.496 e. The molecule has 2 aliphatic heterocycles. The van der Waals surface area contributed by atoms with Crippen molar-refractivity contribution in [2.24, 2.45) is 5.92 Å². The highest BCUT2D eigenvalue weighted by Gasteiger charge is 2.38. The zero-order chi connectivity index (χ0) is 29.8. The van der Waals surface area contributed by atoms with Crippen LogP contribution in [0.1, 0.15) is 19.0 Å². The van der Waals surface area contributed by atoms with Crippen molar-refractivity contribution < 1.29 is 13.2 Å². The van der Waals surface area contributed by atoms with Crippen LogP contribution < -0.4 is 14.5 Å². The fourth-order valence-electron chi connectivity index (χ4n) is 6.16. The number of pyridine rings is 3. The van der Waals surface area contributed by atoms with E-state index in [0.717, 1.165) is 58.9 Å². The lowest BCUT2D eigenvalue weighted by molar-refractivity contribution is 0.315. The van der Waals surface area contributed by atoms with E-state index in [9.17, 15) is 8.42 Å². The molecular formula is C30H38N8O3S. The van der Waals surface area contributed by atoms with E-state index >= 15 is 0 Å². The highest BCUT2D eigenvalue weighted by molar-refractivity contribution is 7.90. The monoisotopic (exact) mass is 590 g/mol. The van der Waals surface area contributed by atoms with Gasteiger partial charge in [0.05, 0.1) is 35.8 Å². The number of aryl methyl sites for hydroxylation is 1. The Morgan fingerprint density at radius 2 is 1.88 bits per heavy atom. The number of fused-ring (bicyclic) bond motifs is 1. The Kier molecular flexibility index (Phi) is 7.30. The summed E-state index contributed by atoms with van der Waals surface area (Å²) < 4.78 is 31.5. The number of rotatable bonds is 8. The molecule has 0 aliphatic carbocycles. The van der Waals surface area contributed by atoms with Crippen LogP contribution in [0.15, 0.2) is 42.9 Å². The molecule has 12 heteroatoms. The third-order valence-electron chi connectivity index (χ3n) is 8.71. The Morgan fingerprint density at radius 3 is 2.57 bits per heavy atom. The predicted octanol–water partition coefficient (Wildman–Crippen LogP) is 3.20. The lowest BCUT2D eigenvalue weighted by Gasteiger charge is -2.48. The van der Waals surface area contributed by atoms with Gasteiger partial charge >= 0.3 is 0 Å². The van der Waals surface area contributed by atoms with Crippen LogP contribution in [-0.4, -0.2) is 103 Å². The molecule has 0 N–H and O–H groups in total. The van der Waals surface area contributed by atoms with Crippen LogP contribution in [0.2, 0.25) is 0 Å². The minimum atomic E-state index is -3.05. The van der Waals surface area contributed by atoms with E-state index in [2.05, 4.69) is 52.8 Å². The highest BCUT2D eigenvalue weighted by atomic mass is 32.2. The van der Waals surface area contributed by atoms with Gasteiger partial charge in [-0.15, -0.1) is 0 Å². The molecular weight excluding hydrogens is 552 g/mol. The van der Waals surface area contributed by atoms with Crippen LogP contribution in [0.4, 0.5) is 11.5 Å². The molecule has 0 radical (unpaired) electrons. The van der Waals surface area contributed by atoms with Crippen LogP contribution >= 0.6 is 0 Å². The summed E-state index contributed by atoms with van der Waals surface area (Å²) in [6, 6.07) is 8.59. The lowest BCUT2D eigenvalue weighted by Crippen LogP contribution is -2.57. The summed E-state index contributed by atoms with van der Waals surface area (Å²) >= 11 is 0. The molecule has 0 unspecified atom stereocenters. The average molecular weight is 591 g/mol. The number of anilines is 2. The normalized spacial score (nSPS) is 20.9. The SMILES string of the molecule is COc1ccncc1-c1cc2c(cnn2-c2cc(N3C[C@H](CS(C)(=O)=O)[C@H]3C)cc(N3CC[C@@H](N(C)C)C3)n2)c(C)n1. The summed E-state index contributed by atoms with van der Waals surface area (Å²) in [5.74, 6) is 2.60. The van der Waals surface area contributed by atoms with Crippen molar-refractivity contribution in [3.05, 3.63) is 48.5 Å². The first-order valence-corrected chi connectivity index (χ1v) is 16.3. The van der Waals surface area contributed by atoms with Gasteiger partial charge in [0.1, 0.15) is 21.4 Å². The summed E-state index contributed by atoms with van der Waals surface area (Å²) in [7, 11) is 2.83. The highest BCUT2D eigenvalue weighted by Crippen LogP contribution is 2.37. The first-order chi connectivity index (χ1) is 20.0. The van der Waals surface area contributed by atoms with Gasteiger partial charge in [-0.1, -0.05) is 0 Å². The first kappa shape index (κ1) is 28.4. The fraction of sp³-hybridized carbons (Fsp3) is 0.467. The Bertz CT molecular complexity index is 1740. The summed E-state index contributed by atoms with van der Waals surface area (Å²) in [5, 5.41) is 5.72. The molecule has 3 atom stereocenters. The number of methoxy groups -OCH3 is 1. The number of hydrogen-bond donors (Lipinski definition) is 0. The molecule has 2 fully saturated rings. The molecule has 4 aromatic rings. The van der Waals surface area contributed by atoms with E-state index in [1.807, 2.05) is 29.9 Å². The Labute approximate surface area is 247 Å². The summed E-state index contributed by atoms with van der Waals surface area (Å²) in [6.45, 7) is 6.57. The smallest absolute Gasteiger partial charge is 0.158 e. The van der Waals surface area contributed by atoms with Gasteiger partial charge in [0.25, 0.3) is 0 Å². The third-order valence-corrected chi connectivity index (χ3v) is 9.74. The molecule has 0 amide bonds. The lowest BCUT2D eigenvalue weighted by atomic mass is 9.91. The van der Waals surface area contributed by atoms with Crippen LogP contribution in [0, 0.1) is 12.8 Å². The summed E-state index contributed by atoms with van der Waals surface area (Å²) in [5.41, 5.74) is 4.31. The second-order valence-corrected chi connectivity index (χ2v) is 14.0. The quantitative estimate of drug-likeness (QED) is 0.303. The molecule has 2 aliphatic rings. The maximum absolute atomic E-state index is 12.0. The molecule has 42 heavy (non-hydrogen) atoms. The maximum Gasteiger partial charge on any atom is 0.158 e. The molecule has 222 valence electrons. The molecule has 0 aromatic carbocycles. The van der Waals surface area contributed by atoms with Gasteiger partial charge in [0, 0.05) is 85.2 Å². The number of aromatic nitrogens is 5. The van der Waals surface area contributed by atoms with Crippen molar-refractivity contribution in [2.45, 2.75) is 32.4 Å².